The van der Waals surface area contributed by atoms with Gasteiger partial charge in [-0.05, 0) is 51.0 Å². The van der Waals surface area contributed by atoms with Gasteiger partial charge in [-0.25, -0.2) is 0 Å². The third-order valence-corrected chi connectivity index (χ3v) is 4.46. The number of carbonyl (C=O) groups is 4. The summed E-state index contributed by atoms with van der Waals surface area (Å²) in [5, 5.41) is 7.58. The number of hydrogen-bond donors (Lipinski definition) is 3. The number of aryl methyl sites for hydroxylation is 4. The largest absolute Gasteiger partial charge is 0.454 e. The first kappa shape index (κ1) is 23.6. The Kier molecular flexibility index (Phi) is 8.31. The molecule has 2 aromatic carbocycles. The van der Waals surface area contributed by atoms with Crippen molar-refractivity contribution in [2.45, 2.75) is 27.7 Å². The van der Waals surface area contributed by atoms with Crippen molar-refractivity contribution in [1.29, 1.82) is 0 Å². The van der Waals surface area contributed by atoms with Gasteiger partial charge >= 0.3 is 5.97 Å². The Hall–Kier alpha value is -3.68. The summed E-state index contributed by atoms with van der Waals surface area (Å²) in [5.74, 6) is -2.18. The molecule has 0 saturated heterocycles. The van der Waals surface area contributed by atoms with Crippen molar-refractivity contribution in [3.8, 4) is 0 Å². The lowest BCUT2D eigenvalue weighted by Crippen LogP contribution is -2.37. The van der Waals surface area contributed by atoms with E-state index in [9.17, 15) is 19.2 Å². The molecule has 0 unspecified atom stereocenters. The third-order valence-electron chi connectivity index (χ3n) is 4.46. The van der Waals surface area contributed by atoms with Gasteiger partial charge in [0.15, 0.2) is 6.61 Å². The summed E-state index contributed by atoms with van der Waals surface area (Å²) in [4.78, 5) is 47.6. The Morgan fingerprint density at radius 3 is 2.00 bits per heavy atom. The molecule has 0 fully saturated rings. The highest BCUT2D eigenvalue weighted by atomic mass is 16.5. The zero-order chi connectivity index (χ0) is 23.0. The van der Waals surface area contributed by atoms with Gasteiger partial charge in [-0.2, -0.15) is 0 Å². The molecule has 0 aliphatic heterocycles. The number of anilines is 1. The summed E-state index contributed by atoms with van der Waals surface area (Å²) in [6.07, 6.45) is 0. The van der Waals surface area contributed by atoms with Crippen LogP contribution >= 0.6 is 0 Å². The van der Waals surface area contributed by atoms with Crippen molar-refractivity contribution >= 4 is 29.4 Å². The molecule has 0 heterocycles. The van der Waals surface area contributed by atoms with E-state index in [0.717, 1.165) is 22.3 Å². The summed E-state index contributed by atoms with van der Waals surface area (Å²) in [6.45, 7) is 6.49. The molecule has 8 nitrogen and oxygen atoms in total. The molecule has 0 aliphatic carbocycles. The van der Waals surface area contributed by atoms with E-state index in [1.165, 1.54) is 0 Å². The second-order valence-corrected chi connectivity index (χ2v) is 7.31. The molecule has 0 saturated carbocycles. The van der Waals surface area contributed by atoms with Crippen molar-refractivity contribution < 1.29 is 23.9 Å². The van der Waals surface area contributed by atoms with Crippen LogP contribution in [-0.4, -0.2) is 43.4 Å². The Balaban J connectivity index is 1.69. The van der Waals surface area contributed by atoms with Crippen LogP contribution in [0.3, 0.4) is 0 Å². The van der Waals surface area contributed by atoms with Crippen molar-refractivity contribution in [1.82, 2.24) is 10.6 Å². The fourth-order valence-electron chi connectivity index (χ4n) is 2.95. The first-order chi connectivity index (χ1) is 14.7. The first-order valence-corrected chi connectivity index (χ1v) is 9.80. The maximum atomic E-state index is 12.1. The highest BCUT2D eigenvalue weighted by Gasteiger charge is 2.13. The minimum Gasteiger partial charge on any atom is -0.454 e. The number of nitrogens with one attached hydrogen (secondary N) is 3. The highest BCUT2D eigenvalue weighted by Crippen LogP contribution is 2.21. The van der Waals surface area contributed by atoms with E-state index in [1.54, 1.807) is 24.3 Å². The zero-order valence-electron chi connectivity index (χ0n) is 18.1. The van der Waals surface area contributed by atoms with Gasteiger partial charge < -0.3 is 20.7 Å². The zero-order valence-corrected chi connectivity index (χ0v) is 18.1. The van der Waals surface area contributed by atoms with Crippen molar-refractivity contribution in [3.63, 3.8) is 0 Å². The molecular formula is C23H27N3O5. The predicted molar refractivity (Wildman–Crippen MR) is 117 cm³/mol. The Morgan fingerprint density at radius 2 is 1.39 bits per heavy atom. The molecular weight excluding hydrogens is 398 g/mol. The van der Waals surface area contributed by atoms with E-state index in [2.05, 4.69) is 16.0 Å². The van der Waals surface area contributed by atoms with E-state index in [-0.39, 0.29) is 19.0 Å². The van der Waals surface area contributed by atoms with Gasteiger partial charge in [-0.1, -0.05) is 35.4 Å². The number of amides is 3. The summed E-state index contributed by atoms with van der Waals surface area (Å²) < 4.78 is 4.81. The molecule has 2 aromatic rings. The lowest BCUT2D eigenvalue weighted by molar-refractivity contribution is -0.147. The standard InChI is InChI=1S/C23H27N3O5/c1-14-5-7-18(8-6-14)23(30)25-12-21(29)31-13-20(28)24-11-19(27)26-22-16(3)9-15(2)10-17(22)4/h5-10H,11-13H2,1-4H3,(H,24,28)(H,25,30)(H,26,27). The number of ether oxygens (including phenoxy) is 1. The second kappa shape index (κ2) is 10.9. The topological polar surface area (TPSA) is 114 Å². The molecule has 0 bridgehead atoms. The minimum absolute atomic E-state index is 0.257. The SMILES string of the molecule is Cc1ccc(C(=O)NCC(=O)OCC(=O)NCC(=O)Nc2c(C)cc(C)cc2C)cc1. The van der Waals surface area contributed by atoms with Gasteiger partial charge in [0.2, 0.25) is 5.91 Å². The van der Waals surface area contributed by atoms with Crippen LogP contribution in [0.4, 0.5) is 5.69 Å². The summed E-state index contributed by atoms with van der Waals surface area (Å²) in [6, 6.07) is 10.8. The minimum atomic E-state index is -0.758. The lowest BCUT2D eigenvalue weighted by Gasteiger charge is -2.13. The van der Waals surface area contributed by atoms with Gasteiger partial charge in [-0.15, -0.1) is 0 Å². The second-order valence-electron chi connectivity index (χ2n) is 7.31. The smallest absolute Gasteiger partial charge is 0.325 e. The molecule has 0 aromatic heterocycles. The number of esters is 1. The van der Waals surface area contributed by atoms with E-state index >= 15 is 0 Å². The average Bonchev–Trinajstić information content (AvgIpc) is 2.72. The summed E-state index contributed by atoms with van der Waals surface area (Å²) >= 11 is 0. The number of carbonyl (C=O) groups excluding carboxylic acids is 4. The number of benzene rings is 2. The fourth-order valence-corrected chi connectivity index (χ4v) is 2.95. The summed E-state index contributed by atoms with van der Waals surface area (Å²) in [5.41, 5.74) is 5.09. The fraction of sp³-hybridized carbons (Fsp3) is 0.304. The van der Waals surface area contributed by atoms with Crippen LogP contribution in [0.5, 0.6) is 0 Å². The van der Waals surface area contributed by atoms with Gasteiger partial charge in [0, 0.05) is 11.3 Å². The molecule has 8 heteroatoms. The maximum absolute atomic E-state index is 12.1. The lowest BCUT2D eigenvalue weighted by atomic mass is 10.1. The number of rotatable bonds is 8. The van der Waals surface area contributed by atoms with Crippen LogP contribution in [0.1, 0.15) is 32.6 Å². The van der Waals surface area contributed by atoms with Crippen LogP contribution < -0.4 is 16.0 Å². The molecule has 0 aliphatic rings. The third kappa shape index (κ3) is 7.58. The van der Waals surface area contributed by atoms with Crippen LogP contribution in [-0.2, 0) is 19.1 Å². The molecule has 3 amide bonds. The average molecular weight is 425 g/mol. The Labute approximate surface area is 181 Å². The van der Waals surface area contributed by atoms with Crippen LogP contribution in [0.2, 0.25) is 0 Å². The van der Waals surface area contributed by atoms with Crippen molar-refractivity contribution in [3.05, 3.63) is 64.2 Å². The molecule has 0 atom stereocenters. The van der Waals surface area contributed by atoms with Gasteiger partial charge in [0.1, 0.15) is 6.54 Å². The van der Waals surface area contributed by atoms with Gasteiger partial charge in [0.25, 0.3) is 11.8 Å². The van der Waals surface area contributed by atoms with Crippen LogP contribution in [0.15, 0.2) is 36.4 Å². The van der Waals surface area contributed by atoms with Crippen LogP contribution in [0.25, 0.3) is 0 Å². The predicted octanol–water partition coefficient (Wildman–Crippen LogP) is 1.95. The van der Waals surface area contributed by atoms with E-state index in [4.69, 9.17) is 4.74 Å². The van der Waals surface area contributed by atoms with Crippen molar-refractivity contribution in [2.24, 2.45) is 0 Å². The van der Waals surface area contributed by atoms with Gasteiger partial charge in [-0.3, -0.25) is 19.2 Å². The van der Waals surface area contributed by atoms with Crippen LogP contribution in [0, 0.1) is 27.7 Å². The number of hydrogen-bond acceptors (Lipinski definition) is 5. The van der Waals surface area contributed by atoms with Gasteiger partial charge in [0.05, 0.1) is 6.54 Å². The Morgan fingerprint density at radius 1 is 0.774 bits per heavy atom. The quantitative estimate of drug-likeness (QED) is 0.560. The normalized spacial score (nSPS) is 10.2. The van der Waals surface area contributed by atoms with E-state index < -0.39 is 24.4 Å². The monoisotopic (exact) mass is 425 g/mol. The molecule has 2 rings (SSSR count). The molecule has 0 radical (unpaired) electrons. The maximum Gasteiger partial charge on any atom is 0.325 e. The molecule has 3 N–H and O–H groups in total. The highest BCUT2D eigenvalue weighted by molar-refractivity contribution is 5.97. The molecule has 31 heavy (non-hydrogen) atoms. The molecule has 0 spiro atoms. The Bertz CT molecular complexity index is 960. The first-order valence-electron chi connectivity index (χ1n) is 9.80. The summed E-state index contributed by atoms with van der Waals surface area (Å²) in [7, 11) is 0. The van der Waals surface area contributed by atoms with Crippen molar-refractivity contribution in [2.75, 3.05) is 25.0 Å². The van der Waals surface area contributed by atoms with E-state index in [1.807, 2.05) is 39.8 Å². The molecule has 164 valence electrons. The van der Waals surface area contributed by atoms with E-state index in [0.29, 0.717) is 11.3 Å².